The Morgan fingerprint density at radius 3 is 2.43 bits per heavy atom. The second-order valence-electron chi connectivity index (χ2n) is 4.63. The van der Waals surface area contributed by atoms with Crippen LogP contribution in [0, 0.1) is 20.2 Å². The number of primary amides is 1. The van der Waals surface area contributed by atoms with Crippen LogP contribution in [0.1, 0.15) is 15.9 Å². The van der Waals surface area contributed by atoms with Crippen molar-refractivity contribution in [1.82, 2.24) is 0 Å². The zero-order chi connectivity index (χ0) is 17.0. The lowest BCUT2D eigenvalue weighted by Gasteiger charge is -2.08. The topological polar surface area (TPSA) is 141 Å². The first kappa shape index (κ1) is 15.9. The first-order chi connectivity index (χ1) is 10.9. The maximum absolute atomic E-state index is 11.1. The van der Waals surface area contributed by atoms with Crippen molar-refractivity contribution >= 4 is 23.0 Å². The van der Waals surface area contributed by atoms with Gasteiger partial charge in [0, 0.05) is 41.6 Å². The fraction of sp³-hybridized carbons (Fsp3) is 0.0714. The summed E-state index contributed by atoms with van der Waals surface area (Å²) in [5.74, 6) is -0.758. The van der Waals surface area contributed by atoms with Crippen LogP contribution in [0.2, 0.25) is 0 Å². The Kier molecular flexibility index (Phi) is 4.50. The van der Waals surface area contributed by atoms with Gasteiger partial charge in [0.1, 0.15) is 0 Å². The van der Waals surface area contributed by atoms with E-state index in [-0.39, 0.29) is 23.5 Å². The number of anilines is 1. The van der Waals surface area contributed by atoms with Crippen LogP contribution in [0.3, 0.4) is 0 Å². The van der Waals surface area contributed by atoms with Crippen molar-refractivity contribution in [3.05, 3.63) is 73.8 Å². The molecule has 0 atom stereocenters. The van der Waals surface area contributed by atoms with E-state index in [1.165, 1.54) is 30.3 Å². The fourth-order valence-electron chi connectivity index (χ4n) is 1.96. The highest BCUT2D eigenvalue weighted by Crippen LogP contribution is 2.23. The number of benzene rings is 2. The molecule has 118 valence electrons. The van der Waals surface area contributed by atoms with E-state index in [9.17, 15) is 25.0 Å². The van der Waals surface area contributed by atoms with Crippen LogP contribution in [0.15, 0.2) is 42.5 Å². The van der Waals surface area contributed by atoms with Gasteiger partial charge in [-0.3, -0.25) is 25.0 Å². The predicted octanol–water partition coefficient (Wildman–Crippen LogP) is 2.21. The van der Waals surface area contributed by atoms with E-state index in [1.54, 1.807) is 6.07 Å². The van der Waals surface area contributed by atoms with E-state index in [1.807, 2.05) is 0 Å². The average molecular weight is 316 g/mol. The number of nitrogens with one attached hydrogen (secondary N) is 1. The maximum atomic E-state index is 11.1. The summed E-state index contributed by atoms with van der Waals surface area (Å²) < 4.78 is 0. The van der Waals surface area contributed by atoms with Crippen molar-refractivity contribution in [2.24, 2.45) is 5.73 Å². The van der Waals surface area contributed by atoms with Crippen molar-refractivity contribution in [2.75, 3.05) is 5.32 Å². The molecule has 0 heterocycles. The van der Waals surface area contributed by atoms with Crippen molar-refractivity contribution in [1.29, 1.82) is 0 Å². The number of rotatable bonds is 6. The minimum atomic E-state index is -0.758. The second kappa shape index (κ2) is 6.52. The molecule has 9 heteroatoms. The van der Waals surface area contributed by atoms with E-state index in [0.29, 0.717) is 11.3 Å². The van der Waals surface area contributed by atoms with Gasteiger partial charge in [-0.2, -0.15) is 0 Å². The van der Waals surface area contributed by atoms with Gasteiger partial charge in [0.25, 0.3) is 11.4 Å². The first-order valence-electron chi connectivity index (χ1n) is 6.44. The van der Waals surface area contributed by atoms with Gasteiger partial charge < -0.3 is 11.1 Å². The van der Waals surface area contributed by atoms with Crippen molar-refractivity contribution in [2.45, 2.75) is 6.54 Å². The quantitative estimate of drug-likeness (QED) is 0.618. The lowest BCUT2D eigenvalue weighted by atomic mass is 10.1. The zero-order valence-corrected chi connectivity index (χ0v) is 11.8. The molecule has 0 aliphatic carbocycles. The highest BCUT2D eigenvalue weighted by atomic mass is 16.6. The summed E-state index contributed by atoms with van der Waals surface area (Å²) in [6, 6.07) is 9.69. The van der Waals surface area contributed by atoms with Gasteiger partial charge in [0.2, 0.25) is 5.91 Å². The molecule has 0 aromatic heterocycles. The second-order valence-corrected chi connectivity index (χ2v) is 4.63. The van der Waals surface area contributed by atoms with Gasteiger partial charge in [0.15, 0.2) is 0 Å². The highest BCUT2D eigenvalue weighted by Gasteiger charge is 2.16. The molecule has 0 aliphatic heterocycles. The fourth-order valence-corrected chi connectivity index (χ4v) is 1.96. The monoisotopic (exact) mass is 316 g/mol. The molecule has 0 saturated carbocycles. The number of nitro benzene ring substituents is 2. The Labute approximate surface area is 130 Å². The third-order valence-corrected chi connectivity index (χ3v) is 3.11. The number of hydrogen-bond donors (Lipinski definition) is 2. The minimum Gasteiger partial charge on any atom is -0.380 e. The number of carbonyl (C=O) groups is 1. The van der Waals surface area contributed by atoms with E-state index in [4.69, 9.17) is 5.73 Å². The number of non-ortho nitro benzene ring substituents is 1. The highest BCUT2D eigenvalue weighted by molar-refractivity contribution is 5.93. The van der Waals surface area contributed by atoms with Gasteiger partial charge in [-0.15, -0.1) is 0 Å². The van der Waals surface area contributed by atoms with Crippen LogP contribution >= 0.6 is 0 Å². The number of amides is 1. The molecule has 0 fully saturated rings. The van der Waals surface area contributed by atoms with E-state index in [2.05, 4.69) is 5.32 Å². The van der Waals surface area contributed by atoms with E-state index in [0.717, 1.165) is 6.07 Å². The zero-order valence-electron chi connectivity index (χ0n) is 11.8. The Morgan fingerprint density at radius 2 is 1.83 bits per heavy atom. The summed E-state index contributed by atoms with van der Waals surface area (Å²) in [6.07, 6.45) is 0. The van der Waals surface area contributed by atoms with Crippen molar-refractivity contribution in [3.8, 4) is 0 Å². The molecule has 0 saturated heterocycles. The molecule has 0 bridgehead atoms. The summed E-state index contributed by atoms with van der Waals surface area (Å²) >= 11 is 0. The molecular weight excluding hydrogens is 304 g/mol. The largest absolute Gasteiger partial charge is 0.380 e. The predicted molar refractivity (Wildman–Crippen MR) is 82.0 cm³/mol. The lowest BCUT2D eigenvalue weighted by molar-refractivity contribution is -0.385. The first-order valence-corrected chi connectivity index (χ1v) is 6.44. The molecule has 2 aromatic rings. The van der Waals surface area contributed by atoms with Gasteiger partial charge in [-0.25, -0.2) is 0 Å². The molecule has 0 unspecified atom stereocenters. The van der Waals surface area contributed by atoms with Gasteiger partial charge >= 0.3 is 0 Å². The molecule has 2 aromatic carbocycles. The van der Waals surface area contributed by atoms with Crippen LogP contribution in [-0.4, -0.2) is 15.8 Å². The number of nitrogens with zero attached hydrogens (tertiary/aromatic N) is 2. The molecular formula is C14H12N4O5. The van der Waals surface area contributed by atoms with Crippen LogP contribution in [0.25, 0.3) is 0 Å². The Balaban J connectivity index is 2.23. The summed E-state index contributed by atoms with van der Waals surface area (Å²) in [7, 11) is 0. The van der Waals surface area contributed by atoms with Crippen LogP contribution in [0.4, 0.5) is 17.1 Å². The van der Waals surface area contributed by atoms with Crippen molar-refractivity contribution in [3.63, 3.8) is 0 Å². The number of carbonyl (C=O) groups excluding carboxylic acids is 1. The van der Waals surface area contributed by atoms with E-state index < -0.39 is 15.8 Å². The Hall–Kier alpha value is -3.49. The molecule has 0 spiro atoms. The Morgan fingerprint density at radius 1 is 1.09 bits per heavy atom. The summed E-state index contributed by atoms with van der Waals surface area (Å²) in [6.45, 7) is 0.0660. The van der Waals surface area contributed by atoms with Crippen LogP contribution < -0.4 is 11.1 Å². The molecule has 1 amide bonds. The summed E-state index contributed by atoms with van der Waals surface area (Å²) in [4.78, 5) is 31.7. The summed E-state index contributed by atoms with van der Waals surface area (Å²) in [5, 5.41) is 24.7. The van der Waals surface area contributed by atoms with Crippen LogP contribution in [-0.2, 0) is 6.54 Å². The standard InChI is InChI=1S/C14H12N4O5/c15-14(19)9-4-5-10(13(6-9)18(22)23)8-16-11-2-1-3-12(7-11)17(20)21/h1-7,16H,8H2,(H2,15,19). The molecule has 2 rings (SSSR count). The third-order valence-electron chi connectivity index (χ3n) is 3.11. The number of hydrogen-bond acceptors (Lipinski definition) is 6. The van der Waals surface area contributed by atoms with E-state index >= 15 is 0 Å². The normalized spacial score (nSPS) is 10.1. The number of nitrogens with two attached hydrogens (primary N) is 1. The molecule has 3 N–H and O–H groups in total. The summed E-state index contributed by atoms with van der Waals surface area (Å²) in [5.41, 5.74) is 5.58. The minimum absolute atomic E-state index is 0.0378. The molecule has 23 heavy (non-hydrogen) atoms. The SMILES string of the molecule is NC(=O)c1ccc(CNc2cccc([N+](=O)[O-])c2)c([N+](=O)[O-])c1. The Bertz CT molecular complexity index is 790. The van der Waals surface area contributed by atoms with Crippen LogP contribution in [0.5, 0.6) is 0 Å². The van der Waals surface area contributed by atoms with Crippen molar-refractivity contribution < 1.29 is 14.6 Å². The van der Waals surface area contributed by atoms with Gasteiger partial charge in [-0.05, 0) is 18.2 Å². The van der Waals surface area contributed by atoms with Gasteiger partial charge in [-0.1, -0.05) is 6.07 Å². The number of nitro groups is 2. The smallest absolute Gasteiger partial charge is 0.275 e. The third kappa shape index (κ3) is 3.79. The molecule has 0 radical (unpaired) electrons. The molecule has 9 nitrogen and oxygen atoms in total. The molecule has 0 aliphatic rings. The lowest BCUT2D eigenvalue weighted by Crippen LogP contribution is -2.12. The maximum Gasteiger partial charge on any atom is 0.275 e. The van der Waals surface area contributed by atoms with Gasteiger partial charge in [0.05, 0.1) is 9.85 Å². The average Bonchev–Trinajstić information content (AvgIpc) is 2.52.